The topological polar surface area (TPSA) is 46.3 Å². The number of rotatable bonds is 4. The Balaban J connectivity index is 3.12. The number of nitrogens with two attached hydrogens (primary N) is 1. The van der Waals surface area contributed by atoms with E-state index in [4.69, 9.17) is 18.0 Å². The molecule has 1 aromatic carbocycles. The lowest BCUT2D eigenvalue weighted by Gasteiger charge is -2.30. The van der Waals surface area contributed by atoms with Crippen molar-refractivity contribution in [2.45, 2.75) is 27.7 Å². The summed E-state index contributed by atoms with van der Waals surface area (Å²) in [4.78, 5) is 14.4. The maximum absolute atomic E-state index is 12.5. The van der Waals surface area contributed by atoms with Gasteiger partial charge in [-0.15, -0.1) is 0 Å². The van der Waals surface area contributed by atoms with E-state index >= 15 is 0 Å². The lowest BCUT2D eigenvalue weighted by molar-refractivity contribution is -0.123. The molecule has 1 aromatic rings. The minimum Gasteiger partial charge on any atom is -0.392 e. The van der Waals surface area contributed by atoms with E-state index in [9.17, 15) is 4.79 Å². The highest BCUT2D eigenvalue weighted by Gasteiger charge is 2.34. The maximum Gasteiger partial charge on any atom is 0.239 e. The van der Waals surface area contributed by atoms with Gasteiger partial charge in [0, 0.05) is 12.2 Å². The summed E-state index contributed by atoms with van der Waals surface area (Å²) in [7, 11) is 0. The summed E-state index contributed by atoms with van der Waals surface area (Å²) in [6, 6.07) is 7.84. The fourth-order valence-electron chi connectivity index (χ4n) is 1.68. The molecule has 4 heteroatoms. The Bertz CT molecular complexity index is 469. The first-order chi connectivity index (χ1) is 8.30. The van der Waals surface area contributed by atoms with Crippen molar-refractivity contribution < 1.29 is 4.79 Å². The Morgan fingerprint density at radius 2 is 2.06 bits per heavy atom. The van der Waals surface area contributed by atoms with Crippen molar-refractivity contribution >= 4 is 28.8 Å². The Morgan fingerprint density at radius 3 is 2.50 bits per heavy atom. The summed E-state index contributed by atoms with van der Waals surface area (Å²) >= 11 is 4.98. The highest BCUT2D eigenvalue weighted by Crippen LogP contribution is 2.24. The monoisotopic (exact) mass is 264 g/mol. The first kappa shape index (κ1) is 14.6. The Hall–Kier alpha value is -1.42. The molecule has 0 fully saturated rings. The predicted molar refractivity (Wildman–Crippen MR) is 79.8 cm³/mol. The van der Waals surface area contributed by atoms with Gasteiger partial charge in [-0.1, -0.05) is 24.4 Å². The largest absolute Gasteiger partial charge is 0.392 e. The summed E-state index contributed by atoms with van der Waals surface area (Å²) in [5, 5.41) is 0. The molecule has 1 amide bonds. The fraction of sp³-hybridized carbons (Fsp3) is 0.429. The molecule has 0 bridgehead atoms. The number of hydrogen-bond donors (Lipinski definition) is 1. The van der Waals surface area contributed by atoms with E-state index in [1.54, 1.807) is 18.7 Å². The first-order valence-corrected chi connectivity index (χ1v) is 6.40. The first-order valence-electron chi connectivity index (χ1n) is 5.99. The molecule has 0 aromatic heterocycles. The van der Waals surface area contributed by atoms with Gasteiger partial charge in [-0.25, -0.2) is 0 Å². The molecule has 18 heavy (non-hydrogen) atoms. The van der Waals surface area contributed by atoms with Crippen LogP contribution < -0.4 is 10.6 Å². The molecule has 0 heterocycles. The lowest BCUT2D eigenvalue weighted by atomic mass is 9.91. The fourth-order valence-corrected chi connectivity index (χ4v) is 1.77. The SMILES string of the molecule is CCN(C(=O)C(C)(C)C(N)=S)c1cccc(C)c1. The molecular formula is C14H20N2OS. The molecule has 0 saturated heterocycles. The van der Waals surface area contributed by atoms with Crippen LogP contribution >= 0.6 is 12.2 Å². The third-order valence-electron chi connectivity index (χ3n) is 3.03. The zero-order valence-corrected chi connectivity index (χ0v) is 12.2. The van der Waals surface area contributed by atoms with Crippen molar-refractivity contribution in [3.05, 3.63) is 29.8 Å². The van der Waals surface area contributed by atoms with E-state index in [2.05, 4.69) is 0 Å². The average Bonchev–Trinajstić information content (AvgIpc) is 2.29. The Kier molecular flexibility index (Phi) is 4.46. The number of aryl methyl sites for hydroxylation is 1. The molecule has 0 unspecified atom stereocenters. The Morgan fingerprint density at radius 1 is 1.44 bits per heavy atom. The molecule has 1 rings (SSSR count). The van der Waals surface area contributed by atoms with E-state index < -0.39 is 5.41 Å². The molecule has 0 atom stereocenters. The molecule has 3 nitrogen and oxygen atoms in total. The summed E-state index contributed by atoms with van der Waals surface area (Å²) in [5.41, 5.74) is 6.83. The van der Waals surface area contributed by atoms with Crippen LogP contribution in [0.3, 0.4) is 0 Å². The smallest absolute Gasteiger partial charge is 0.239 e. The van der Waals surface area contributed by atoms with Gasteiger partial charge in [-0.3, -0.25) is 4.79 Å². The van der Waals surface area contributed by atoms with Crippen LogP contribution in [0.25, 0.3) is 0 Å². The third-order valence-corrected chi connectivity index (χ3v) is 3.54. The second kappa shape index (κ2) is 5.48. The van der Waals surface area contributed by atoms with Crippen molar-refractivity contribution in [3.63, 3.8) is 0 Å². The van der Waals surface area contributed by atoms with Gasteiger partial charge < -0.3 is 10.6 Å². The van der Waals surface area contributed by atoms with Crippen LogP contribution in [0.4, 0.5) is 5.69 Å². The van der Waals surface area contributed by atoms with Crippen molar-refractivity contribution in [2.75, 3.05) is 11.4 Å². The van der Waals surface area contributed by atoms with E-state index in [0.29, 0.717) is 6.54 Å². The molecule has 2 N–H and O–H groups in total. The minimum atomic E-state index is -0.824. The zero-order chi connectivity index (χ0) is 13.9. The van der Waals surface area contributed by atoms with Crippen LogP contribution in [-0.4, -0.2) is 17.4 Å². The normalized spacial score (nSPS) is 11.1. The molecular weight excluding hydrogens is 244 g/mol. The predicted octanol–water partition coefficient (Wildman–Crippen LogP) is 2.66. The quantitative estimate of drug-likeness (QED) is 0.850. The standard InChI is InChI=1S/C14H20N2OS/c1-5-16(11-8-6-7-10(2)9-11)13(17)14(3,4)12(15)18/h6-9H,5H2,1-4H3,(H2,15,18). The van der Waals surface area contributed by atoms with Crippen LogP contribution in [0.1, 0.15) is 26.3 Å². The summed E-state index contributed by atoms with van der Waals surface area (Å²) < 4.78 is 0. The number of carbonyl (C=O) groups excluding carboxylic acids is 1. The number of amides is 1. The number of carbonyl (C=O) groups is 1. The molecule has 0 aliphatic heterocycles. The number of thiocarbonyl (C=S) groups is 1. The van der Waals surface area contributed by atoms with Gasteiger partial charge in [0.25, 0.3) is 0 Å². The highest BCUT2D eigenvalue weighted by molar-refractivity contribution is 7.80. The van der Waals surface area contributed by atoms with Crippen molar-refractivity contribution in [2.24, 2.45) is 11.1 Å². The van der Waals surface area contributed by atoms with Gasteiger partial charge >= 0.3 is 0 Å². The van der Waals surface area contributed by atoms with E-state index in [1.807, 2.05) is 38.1 Å². The van der Waals surface area contributed by atoms with Gasteiger partial charge in [-0.05, 0) is 45.4 Å². The molecule has 0 saturated carbocycles. The van der Waals surface area contributed by atoms with Crippen LogP contribution in [0.2, 0.25) is 0 Å². The number of benzene rings is 1. The van der Waals surface area contributed by atoms with Gasteiger partial charge in [0.15, 0.2) is 0 Å². The number of hydrogen-bond acceptors (Lipinski definition) is 2. The van der Waals surface area contributed by atoms with Gasteiger partial charge in [-0.2, -0.15) is 0 Å². The van der Waals surface area contributed by atoms with Crippen LogP contribution in [-0.2, 0) is 4.79 Å². The van der Waals surface area contributed by atoms with Gasteiger partial charge in [0.1, 0.15) is 0 Å². The number of anilines is 1. The minimum absolute atomic E-state index is 0.0666. The molecule has 0 aliphatic carbocycles. The second-order valence-corrected chi connectivity index (χ2v) is 5.32. The average molecular weight is 264 g/mol. The van der Waals surface area contributed by atoms with Gasteiger partial charge in [0.2, 0.25) is 5.91 Å². The van der Waals surface area contributed by atoms with Gasteiger partial charge in [0.05, 0.1) is 10.4 Å². The van der Waals surface area contributed by atoms with E-state index in [1.165, 1.54) is 0 Å². The number of nitrogens with zero attached hydrogens (tertiary/aromatic N) is 1. The third kappa shape index (κ3) is 2.88. The molecule has 0 aliphatic rings. The van der Waals surface area contributed by atoms with Crippen molar-refractivity contribution in [1.29, 1.82) is 0 Å². The van der Waals surface area contributed by atoms with E-state index in [0.717, 1.165) is 11.3 Å². The molecule has 0 radical (unpaired) electrons. The lowest BCUT2D eigenvalue weighted by Crippen LogP contribution is -2.47. The van der Waals surface area contributed by atoms with E-state index in [-0.39, 0.29) is 10.9 Å². The van der Waals surface area contributed by atoms with Crippen LogP contribution in [0, 0.1) is 12.3 Å². The zero-order valence-electron chi connectivity index (χ0n) is 11.4. The molecule has 0 spiro atoms. The van der Waals surface area contributed by atoms with Crippen LogP contribution in [0.5, 0.6) is 0 Å². The summed E-state index contributed by atoms with van der Waals surface area (Å²) in [6.07, 6.45) is 0. The highest BCUT2D eigenvalue weighted by atomic mass is 32.1. The van der Waals surface area contributed by atoms with Crippen molar-refractivity contribution in [3.8, 4) is 0 Å². The van der Waals surface area contributed by atoms with Crippen LogP contribution in [0.15, 0.2) is 24.3 Å². The summed E-state index contributed by atoms with van der Waals surface area (Å²) in [5.74, 6) is -0.0666. The second-order valence-electron chi connectivity index (χ2n) is 4.88. The maximum atomic E-state index is 12.5. The summed E-state index contributed by atoms with van der Waals surface area (Å²) in [6.45, 7) is 8.05. The van der Waals surface area contributed by atoms with Crippen molar-refractivity contribution in [1.82, 2.24) is 0 Å². The Labute approximate surface area is 114 Å². The molecule has 98 valence electrons.